The van der Waals surface area contributed by atoms with Crippen LogP contribution >= 0.6 is 11.3 Å². The summed E-state index contributed by atoms with van der Waals surface area (Å²) in [4.78, 5) is 20.0. The van der Waals surface area contributed by atoms with E-state index in [9.17, 15) is 4.79 Å². The third-order valence-corrected chi connectivity index (χ3v) is 4.78. The molecular weight excluding hydrogens is 270 g/mol. The third kappa shape index (κ3) is 4.87. The number of carbonyl (C=O) groups excluding carboxylic acids is 1. The van der Waals surface area contributed by atoms with Crippen LogP contribution in [-0.2, 0) is 24.1 Å². The Morgan fingerprint density at radius 2 is 2.15 bits per heavy atom. The van der Waals surface area contributed by atoms with Crippen molar-refractivity contribution in [2.75, 3.05) is 27.2 Å². The Balaban J connectivity index is 1.67. The summed E-state index contributed by atoms with van der Waals surface area (Å²) in [5, 5.41) is 4.12. The highest BCUT2D eigenvalue weighted by atomic mass is 32.1. The third-order valence-electron chi connectivity index (χ3n) is 3.56. The Labute approximate surface area is 125 Å². The molecule has 0 saturated carbocycles. The number of aromatic nitrogens is 1. The summed E-state index contributed by atoms with van der Waals surface area (Å²) in [7, 11) is 4.10. The molecule has 1 aliphatic carbocycles. The number of hydrogen-bond acceptors (Lipinski definition) is 4. The fourth-order valence-electron chi connectivity index (χ4n) is 2.44. The molecule has 0 unspecified atom stereocenters. The number of fused-ring (bicyclic) bond motifs is 1. The van der Waals surface area contributed by atoms with Gasteiger partial charge in [-0.2, -0.15) is 0 Å². The molecule has 1 aromatic heterocycles. The van der Waals surface area contributed by atoms with Crippen LogP contribution in [0.1, 0.15) is 41.3 Å². The van der Waals surface area contributed by atoms with Crippen molar-refractivity contribution in [2.24, 2.45) is 0 Å². The molecule has 112 valence electrons. The molecule has 1 aliphatic rings. The van der Waals surface area contributed by atoms with Crippen molar-refractivity contribution in [3.8, 4) is 0 Å². The maximum atomic E-state index is 11.8. The number of hydrogen-bond donors (Lipinski definition) is 1. The molecule has 1 N–H and O–H groups in total. The van der Waals surface area contributed by atoms with E-state index in [4.69, 9.17) is 0 Å². The van der Waals surface area contributed by atoms with Gasteiger partial charge in [0.25, 0.3) is 0 Å². The van der Waals surface area contributed by atoms with Crippen molar-refractivity contribution >= 4 is 17.2 Å². The molecule has 1 amide bonds. The van der Waals surface area contributed by atoms with E-state index in [0.29, 0.717) is 6.42 Å². The van der Waals surface area contributed by atoms with Gasteiger partial charge in [0.15, 0.2) is 0 Å². The van der Waals surface area contributed by atoms with Crippen molar-refractivity contribution in [3.05, 3.63) is 15.6 Å². The first-order valence-electron chi connectivity index (χ1n) is 7.54. The molecular formula is C15H25N3OS. The molecule has 4 nitrogen and oxygen atoms in total. The van der Waals surface area contributed by atoms with Gasteiger partial charge in [0, 0.05) is 24.3 Å². The number of rotatable bonds is 7. The van der Waals surface area contributed by atoms with Gasteiger partial charge in [-0.1, -0.05) is 0 Å². The Bertz CT molecular complexity index is 419. The Kier molecular flexibility index (Phi) is 5.98. The summed E-state index contributed by atoms with van der Waals surface area (Å²) in [5.41, 5.74) is 1.29. The predicted octanol–water partition coefficient (Wildman–Crippen LogP) is 2.02. The molecule has 0 aliphatic heterocycles. The lowest BCUT2D eigenvalue weighted by Crippen LogP contribution is -2.27. The largest absolute Gasteiger partial charge is 0.356 e. The molecule has 0 radical (unpaired) electrons. The highest BCUT2D eigenvalue weighted by Crippen LogP contribution is 2.27. The first kappa shape index (κ1) is 15.4. The number of thiazole rings is 1. The van der Waals surface area contributed by atoms with Gasteiger partial charge >= 0.3 is 0 Å². The average Bonchev–Trinajstić information content (AvgIpc) is 2.84. The van der Waals surface area contributed by atoms with Crippen molar-refractivity contribution in [2.45, 2.75) is 44.9 Å². The van der Waals surface area contributed by atoms with Crippen LogP contribution in [0.3, 0.4) is 0 Å². The zero-order valence-electron chi connectivity index (χ0n) is 12.6. The standard InChI is InChI=1S/C15H25N3OS/c1-18(2)11-5-10-16-14(19)8-9-15-17-12-6-3-4-7-13(12)20-15/h3-11H2,1-2H3,(H,16,19). The maximum absolute atomic E-state index is 11.8. The Morgan fingerprint density at radius 1 is 1.35 bits per heavy atom. The van der Waals surface area contributed by atoms with Gasteiger partial charge in [-0.25, -0.2) is 4.98 Å². The normalized spacial score (nSPS) is 14.3. The lowest BCUT2D eigenvalue weighted by Gasteiger charge is -2.09. The predicted molar refractivity (Wildman–Crippen MR) is 83.3 cm³/mol. The molecule has 0 fully saturated rings. The minimum absolute atomic E-state index is 0.150. The first-order chi connectivity index (χ1) is 9.65. The molecule has 0 atom stereocenters. The monoisotopic (exact) mass is 295 g/mol. The van der Waals surface area contributed by atoms with Crippen LogP contribution in [0.15, 0.2) is 0 Å². The Morgan fingerprint density at radius 3 is 2.90 bits per heavy atom. The first-order valence-corrected chi connectivity index (χ1v) is 8.35. The quantitative estimate of drug-likeness (QED) is 0.783. The summed E-state index contributed by atoms with van der Waals surface area (Å²) in [6, 6.07) is 0. The molecule has 20 heavy (non-hydrogen) atoms. The van der Waals surface area contributed by atoms with E-state index in [2.05, 4.69) is 15.2 Å². The van der Waals surface area contributed by atoms with E-state index >= 15 is 0 Å². The van der Waals surface area contributed by atoms with Crippen LogP contribution < -0.4 is 5.32 Å². The van der Waals surface area contributed by atoms with E-state index in [0.717, 1.165) is 37.4 Å². The fraction of sp³-hybridized carbons (Fsp3) is 0.733. The van der Waals surface area contributed by atoms with Crippen LogP contribution in [0, 0.1) is 0 Å². The molecule has 0 spiro atoms. The smallest absolute Gasteiger partial charge is 0.220 e. The van der Waals surface area contributed by atoms with Crippen LogP contribution in [0.2, 0.25) is 0 Å². The van der Waals surface area contributed by atoms with Gasteiger partial charge in [-0.05, 0) is 52.7 Å². The number of nitrogens with zero attached hydrogens (tertiary/aromatic N) is 2. The van der Waals surface area contributed by atoms with Crippen molar-refractivity contribution in [1.29, 1.82) is 0 Å². The minimum Gasteiger partial charge on any atom is -0.356 e. The van der Waals surface area contributed by atoms with Gasteiger partial charge < -0.3 is 10.2 Å². The maximum Gasteiger partial charge on any atom is 0.220 e. The van der Waals surface area contributed by atoms with Crippen molar-refractivity contribution in [3.63, 3.8) is 0 Å². The lowest BCUT2D eigenvalue weighted by atomic mass is 10.0. The molecule has 1 heterocycles. The van der Waals surface area contributed by atoms with E-state index in [1.165, 1.54) is 29.8 Å². The highest BCUT2D eigenvalue weighted by molar-refractivity contribution is 7.11. The summed E-state index contributed by atoms with van der Waals surface area (Å²) >= 11 is 1.81. The minimum atomic E-state index is 0.150. The molecule has 2 rings (SSSR count). The van der Waals surface area contributed by atoms with Crippen molar-refractivity contribution in [1.82, 2.24) is 15.2 Å². The van der Waals surface area contributed by atoms with E-state index in [1.54, 1.807) is 0 Å². The number of carbonyl (C=O) groups is 1. The summed E-state index contributed by atoms with van der Waals surface area (Å²) < 4.78 is 0. The molecule has 0 saturated heterocycles. The van der Waals surface area contributed by atoms with Crippen LogP contribution in [0.4, 0.5) is 0 Å². The van der Waals surface area contributed by atoms with Gasteiger partial charge in [0.2, 0.25) is 5.91 Å². The summed E-state index contributed by atoms with van der Waals surface area (Å²) in [5.74, 6) is 0.150. The fourth-order valence-corrected chi connectivity index (χ4v) is 3.60. The van der Waals surface area contributed by atoms with E-state index in [1.807, 2.05) is 25.4 Å². The SMILES string of the molecule is CN(C)CCCNC(=O)CCc1nc2c(s1)CCCC2. The van der Waals surface area contributed by atoms with Crippen LogP contribution in [-0.4, -0.2) is 43.0 Å². The second kappa shape index (κ2) is 7.74. The van der Waals surface area contributed by atoms with Crippen LogP contribution in [0.25, 0.3) is 0 Å². The van der Waals surface area contributed by atoms with Gasteiger partial charge in [-0.3, -0.25) is 4.79 Å². The molecule has 0 aromatic carbocycles. The van der Waals surface area contributed by atoms with Gasteiger partial charge in [0.05, 0.1) is 10.7 Å². The topological polar surface area (TPSA) is 45.2 Å². The van der Waals surface area contributed by atoms with Crippen LogP contribution in [0.5, 0.6) is 0 Å². The highest BCUT2D eigenvalue weighted by Gasteiger charge is 2.15. The van der Waals surface area contributed by atoms with Gasteiger partial charge in [0.1, 0.15) is 0 Å². The molecule has 0 bridgehead atoms. The Hall–Kier alpha value is -0.940. The van der Waals surface area contributed by atoms with Gasteiger partial charge in [-0.15, -0.1) is 11.3 Å². The number of nitrogens with one attached hydrogen (secondary N) is 1. The summed E-state index contributed by atoms with van der Waals surface area (Å²) in [6.45, 7) is 1.78. The molecule has 5 heteroatoms. The van der Waals surface area contributed by atoms with E-state index in [-0.39, 0.29) is 5.91 Å². The summed E-state index contributed by atoms with van der Waals surface area (Å²) in [6.07, 6.45) is 7.23. The molecule has 1 aromatic rings. The zero-order valence-corrected chi connectivity index (χ0v) is 13.4. The average molecular weight is 295 g/mol. The number of amides is 1. The second-order valence-electron chi connectivity index (χ2n) is 5.69. The number of aryl methyl sites for hydroxylation is 3. The van der Waals surface area contributed by atoms with E-state index < -0.39 is 0 Å². The zero-order chi connectivity index (χ0) is 14.4. The second-order valence-corrected chi connectivity index (χ2v) is 6.86. The lowest BCUT2D eigenvalue weighted by molar-refractivity contribution is -0.121. The van der Waals surface area contributed by atoms with Crippen molar-refractivity contribution < 1.29 is 4.79 Å².